The summed E-state index contributed by atoms with van der Waals surface area (Å²) in [4.78, 5) is 4.28. The van der Waals surface area contributed by atoms with Gasteiger partial charge in [0.25, 0.3) is 0 Å². The third-order valence-corrected chi connectivity index (χ3v) is 3.92. The molecule has 3 rings (SSSR count). The molecule has 0 fully saturated rings. The van der Waals surface area contributed by atoms with Gasteiger partial charge in [-0.05, 0) is 17.2 Å². The van der Waals surface area contributed by atoms with Crippen molar-refractivity contribution in [3.8, 4) is 0 Å². The lowest BCUT2D eigenvalue weighted by atomic mass is 10.1. The van der Waals surface area contributed by atoms with Gasteiger partial charge in [0, 0.05) is 0 Å². The van der Waals surface area contributed by atoms with Crippen molar-refractivity contribution in [3.63, 3.8) is 0 Å². The Balaban J connectivity index is 1.54. The summed E-state index contributed by atoms with van der Waals surface area (Å²) in [5.41, 5.74) is 2.17. The molecular weight excluding hydrogens is 320 g/mol. The second-order valence-corrected chi connectivity index (χ2v) is 5.80. The summed E-state index contributed by atoms with van der Waals surface area (Å²) in [6.07, 6.45) is 2.02. The SMILES string of the molecule is OO[C@H]1C=C[C@H](OCc2ccccc2)[C@@H](COCc2ccccc2)O1. The summed E-state index contributed by atoms with van der Waals surface area (Å²) in [6, 6.07) is 19.9. The molecule has 0 unspecified atom stereocenters. The summed E-state index contributed by atoms with van der Waals surface area (Å²) >= 11 is 0. The van der Waals surface area contributed by atoms with E-state index in [1.165, 1.54) is 0 Å². The summed E-state index contributed by atoms with van der Waals surface area (Å²) in [6.45, 7) is 1.29. The quantitative estimate of drug-likeness (QED) is 0.452. The molecule has 1 heterocycles. The van der Waals surface area contributed by atoms with Crippen molar-refractivity contribution < 1.29 is 24.4 Å². The predicted octanol–water partition coefficient (Wildman–Crippen LogP) is 3.56. The topological polar surface area (TPSA) is 57.2 Å². The molecule has 5 nitrogen and oxygen atoms in total. The Morgan fingerprint density at radius 3 is 2.12 bits per heavy atom. The van der Waals surface area contributed by atoms with Gasteiger partial charge in [0.05, 0.1) is 19.8 Å². The highest BCUT2D eigenvalue weighted by Crippen LogP contribution is 2.19. The van der Waals surface area contributed by atoms with Crippen LogP contribution in [0.1, 0.15) is 11.1 Å². The first-order valence-electron chi connectivity index (χ1n) is 8.26. The number of rotatable bonds is 8. The molecule has 1 aliphatic heterocycles. The summed E-state index contributed by atoms with van der Waals surface area (Å²) in [7, 11) is 0. The van der Waals surface area contributed by atoms with Crippen LogP contribution in [0.2, 0.25) is 0 Å². The highest BCUT2D eigenvalue weighted by molar-refractivity contribution is 5.14. The Morgan fingerprint density at radius 2 is 1.48 bits per heavy atom. The van der Waals surface area contributed by atoms with Crippen LogP contribution in [-0.4, -0.2) is 30.4 Å². The molecule has 5 heteroatoms. The third-order valence-electron chi connectivity index (χ3n) is 3.92. The van der Waals surface area contributed by atoms with Crippen molar-refractivity contribution in [2.75, 3.05) is 6.61 Å². The summed E-state index contributed by atoms with van der Waals surface area (Å²) in [5, 5.41) is 8.85. The molecule has 1 N–H and O–H groups in total. The van der Waals surface area contributed by atoms with E-state index in [1.54, 1.807) is 6.08 Å². The number of benzene rings is 2. The Kier molecular flexibility index (Phi) is 6.73. The van der Waals surface area contributed by atoms with Gasteiger partial charge in [-0.1, -0.05) is 66.7 Å². The Hall–Kier alpha value is -2.02. The van der Waals surface area contributed by atoms with E-state index in [9.17, 15) is 0 Å². The normalized spacial score (nSPS) is 22.8. The second-order valence-electron chi connectivity index (χ2n) is 5.80. The first-order valence-corrected chi connectivity index (χ1v) is 8.26. The van der Waals surface area contributed by atoms with Crippen LogP contribution in [0.5, 0.6) is 0 Å². The maximum absolute atomic E-state index is 8.85. The fourth-order valence-corrected chi connectivity index (χ4v) is 2.61. The average Bonchev–Trinajstić information content (AvgIpc) is 2.68. The van der Waals surface area contributed by atoms with Gasteiger partial charge in [0.1, 0.15) is 12.2 Å². The van der Waals surface area contributed by atoms with E-state index in [0.29, 0.717) is 19.8 Å². The van der Waals surface area contributed by atoms with Crippen molar-refractivity contribution in [1.29, 1.82) is 0 Å². The fraction of sp³-hybridized carbons (Fsp3) is 0.300. The molecule has 0 radical (unpaired) electrons. The molecule has 0 saturated heterocycles. The molecule has 0 bridgehead atoms. The average molecular weight is 342 g/mol. The molecule has 0 aliphatic carbocycles. The number of hydrogen-bond acceptors (Lipinski definition) is 5. The second kappa shape index (κ2) is 9.46. The molecular formula is C20H22O5. The molecule has 0 aromatic heterocycles. The molecule has 0 amide bonds. The van der Waals surface area contributed by atoms with Crippen molar-refractivity contribution in [1.82, 2.24) is 0 Å². The Labute approximate surface area is 147 Å². The third kappa shape index (κ3) is 5.49. The molecule has 0 spiro atoms. The van der Waals surface area contributed by atoms with Crippen molar-refractivity contribution in [2.45, 2.75) is 31.7 Å². The summed E-state index contributed by atoms with van der Waals surface area (Å²) < 4.78 is 17.4. The Morgan fingerprint density at radius 1 is 0.840 bits per heavy atom. The van der Waals surface area contributed by atoms with Crippen molar-refractivity contribution >= 4 is 0 Å². The molecule has 25 heavy (non-hydrogen) atoms. The van der Waals surface area contributed by atoms with Crippen LogP contribution in [0, 0.1) is 0 Å². The van der Waals surface area contributed by atoms with Crippen LogP contribution in [0.4, 0.5) is 0 Å². The first-order chi connectivity index (χ1) is 12.3. The maximum atomic E-state index is 8.85. The highest BCUT2D eigenvalue weighted by atomic mass is 17.1. The van der Waals surface area contributed by atoms with Crippen molar-refractivity contribution in [2.24, 2.45) is 0 Å². The highest BCUT2D eigenvalue weighted by Gasteiger charge is 2.29. The van der Waals surface area contributed by atoms with Gasteiger partial charge in [-0.25, -0.2) is 10.1 Å². The zero-order valence-electron chi connectivity index (χ0n) is 13.9. The predicted molar refractivity (Wildman–Crippen MR) is 92.6 cm³/mol. The van der Waals surface area contributed by atoms with Gasteiger partial charge < -0.3 is 14.2 Å². The molecule has 0 saturated carbocycles. The molecule has 2 aromatic carbocycles. The van der Waals surface area contributed by atoms with Gasteiger partial charge in [-0.2, -0.15) is 0 Å². The smallest absolute Gasteiger partial charge is 0.210 e. The minimum Gasteiger partial charge on any atom is -0.374 e. The lowest BCUT2D eigenvalue weighted by Gasteiger charge is -2.30. The largest absolute Gasteiger partial charge is 0.374 e. The van der Waals surface area contributed by atoms with Crippen LogP contribution in [-0.2, 0) is 32.3 Å². The van der Waals surface area contributed by atoms with Gasteiger partial charge in [0.2, 0.25) is 6.29 Å². The summed E-state index contributed by atoms with van der Waals surface area (Å²) in [5.74, 6) is 0. The standard InChI is InChI=1S/C20H22O5/c21-25-20-12-11-18(23-14-17-9-5-2-6-10-17)19(24-20)15-22-13-16-7-3-1-4-8-16/h1-12,18-21H,13-15H2/t18-,19+,20-/m0/s1. The van der Waals surface area contributed by atoms with Crippen LogP contribution >= 0.6 is 0 Å². The zero-order valence-corrected chi connectivity index (χ0v) is 13.9. The van der Waals surface area contributed by atoms with E-state index >= 15 is 0 Å². The van der Waals surface area contributed by atoms with Gasteiger partial charge in [-0.3, -0.25) is 0 Å². The van der Waals surface area contributed by atoms with E-state index in [1.807, 2.05) is 66.7 Å². The Bertz CT molecular complexity index is 644. The lowest BCUT2D eigenvalue weighted by molar-refractivity contribution is -0.347. The fourth-order valence-electron chi connectivity index (χ4n) is 2.61. The van der Waals surface area contributed by atoms with E-state index in [2.05, 4.69) is 4.89 Å². The number of ether oxygens (including phenoxy) is 3. The monoisotopic (exact) mass is 342 g/mol. The van der Waals surface area contributed by atoms with Crippen LogP contribution in [0.3, 0.4) is 0 Å². The molecule has 2 aromatic rings. The van der Waals surface area contributed by atoms with Crippen molar-refractivity contribution in [3.05, 3.63) is 83.9 Å². The van der Waals surface area contributed by atoms with E-state index in [0.717, 1.165) is 11.1 Å². The first kappa shape index (κ1) is 17.8. The van der Waals surface area contributed by atoms with Gasteiger partial charge in [0.15, 0.2) is 0 Å². The van der Waals surface area contributed by atoms with Crippen LogP contribution in [0.25, 0.3) is 0 Å². The lowest BCUT2D eigenvalue weighted by Crippen LogP contribution is -2.40. The molecule has 132 valence electrons. The maximum Gasteiger partial charge on any atom is 0.210 e. The van der Waals surface area contributed by atoms with Gasteiger partial charge in [-0.15, -0.1) is 0 Å². The van der Waals surface area contributed by atoms with Crippen LogP contribution in [0.15, 0.2) is 72.8 Å². The number of hydrogen-bond donors (Lipinski definition) is 1. The van der Waals surface area contributed by atoms with E-state index in [4.69, 9.17) is 19.5 Å². The molecule has 3 atom stereocenters. The minimum absolute atomic E-state index is 0.276. The van der Waals surface area contributed by atoms with E-state index < -0.39 is 6.29 Å². The van der Waals surface area contributed by atoms with Crippen LogP contribution < -0.4 is 0 Å². The zero-order chi connectivity index (χ0) is 17.3. The molecule has 1 aliphatic rings. The van der Waals surface area contributed by atoms with E-state index in [-0.39, 0.29) is 12.2 Å². The van der Waals surface area contributed by atoms with Gasteiger partial charge >= 0.3 is 0 Å². The minimum atomic E-state index is -0.804.